The molecule has 10 heteroatoms. The molecule has 3 rings (SSSR count). The Labute approximate surface area is 187 Å². The Bertz CT molecular complexity index is 862. The molecule has 0 aliphatic carbocycles. The molecular formula is C22H30N4O6. The van der Waals surface area contributed by atoms with E-state index in [4.69, 9.17) is 14.2 Å². The number of piperazine rings is 1. The van der Waals surface area contributed by atoms with Gasteiger partial charge in [-0.25, -0.2) is 14.4 Å². The molecule has 0 saturated carbocycles. The van der Waals surface area contributed by atoms with Crippen molar-refractivity contribution in [3.8, 4) is 5.75 Å². The number of carbonyl (C=O) groups is 3. The van der Waals surface area contributed by atoms with Gasteiger partial charge in [0.25, 0.3) is 0 Å². The fourth-order valence-electron chi connectivity index (χ4n) is 3.79. The predicted molar refractivity (Wildman–Crippen MR) is 116 cm³/mol. The zero-order valence-electron chi connectivity index (χ0n) is 18.7. The maximum atomic E-state index is 12.7. The van der Waals surface area contributed by atoms with Crippen LogP contribution in [0.2, 0.25) is 0 Å². The molecule has 2 heterocycles. The molecule has 0 bridgehead atoms. The minimum atomic E-state index is -0.650. The van der Waals surface area contributed by atoms with Crippen LogP contribution < -0.4 is 15.4 Å². The van der Waals surface area contributed by atoms with Crippen molar-refractivity contribution in [1.82, 2.24) is 20.4 Å². The second-order valence-corrected chi connectivity index (χ2v) is 7.38. The summed E-state index contributed by atoms with van der Waals surface area (Å²) >= 11 is 0. The van der Waals surface area contributed by atoms with E-state index in [0.29, 0.717) is 63.0 Å². The summed E-state index contributed by atoms with van der Waals surface area (Å²) in [5.74, 6) is 0.191. The molecule has 0 radical (unpaired) electrons. The van der Waals surface area contributed by atoms with Crippen LogP contribution in [-0.2, 0) is 14.3 Å². The van der Waals surface area contributed by atoms with Crippen molar-refractivity contribution in [2.75, 3.05) is 53.0 Å². The molecule has 1 aromatic rings. The highest BCUT2D eigenvalue weighted by Crippen LogP contribution is 2.29. The van der Waals surface area contributed by atoms with Crippen LogP contribution in [0.1, 0.15) is 25.5 Å². The van der Waals surface area contributed by atoms with E-state index in [0.717, 1.165) is 5.56 Å². The van der Waals surface area contributed by atoms with Gasteiger partial charge in [-0.15, -0.1) is 0 Å². The Morgan fingerprint density at radius 2 is 1.75 bits per heavy atom. The average molecular weight is 447 g/mol. The van der Waals surface area contributed by atoms with E-state index in [1.807, 2.05) is 19.1 Å². The van der Waals surface area contributed by atoms with E-state index in [9.17, 15) is 14.4 Å². The minimum absolute atomic E-state index is 0.327. The maximum Gasteiger partial charge on any atom is 0.409 e. The van der Waals surface area contributed by atoms with Gasteiger partial charge in [-0.05, 0) is 31.5 Å². The van der Waals surface area contributed by atoms with Crippen molar-refractivity contribution in [3.05, 3.63) is 41.1 Å². The third kappa shape index (κ3) is 5.50. The van der Waals surface area contributed by atoms with E-state index < -0.39 is 18.0 Å². The normalized spacial score (nSPS) is 19.2. The number of hydrogen-bond acceptors (Lipinski definition) is 7. The number of nitrogens with one attached hydrogen (secondary N) is 2. The summed E-state index contributed by atoms with van der Waals surface area (Å²) in [6.45, 7) is 7.10. The molecular weight excluding hydrogens is 416 g/mol. The zero-order valence-corrected chi connectivity index (χ0v) is 18.7. The first kappa shape index (κ1) is 23.4. The van der Waals surface area contributed by atoms with Crippen molar-refractivity contribution in [1.29, 1.82) is 0 Å². The summed E-state index contributed by atoms with van der Waals surface area (Å²) in [6.07, 6.45) is -0.327. The number of hydrogen-bond donors (Lipinski definition) is 2. The highest BCUT2D eigenvalue weighted by atomic mass is 16.6. The predicted octanol–water partition coefficient (Wildman–Crippen LogP) is 1.64. The first-order chi connectivity index (χ1) is 15.5. The van der Waals surface area contributed by atoms with Crippen molar-refractivity contribution in [2.24, 2.45) is 0 Å². The summed E-state index contributed by atoms with van der Waals surface area (Å²) in [7, 11) is 1.32. The van der Waals surface area contributed by atoms with Gasteiger partial charge in [0.15, 0.2) is 0 Å². The molecule has 1 saturated heterocycles. The Hall–Kier alpha value is -3.27. The van der Waals surface area contributed by atoms with E-state index >= 15 is 0 Å². The molecule has 2 aliphatic heterocycles. The van der Waals surface area contributed by atoms with Gasteiger partial charge < -0.3 is 29.7 Å². The molecule has 32 heavy (non-hydrogen) atoms. The highest BCUT2D eigenvalue weighted by molar-refractivity contribution is 5.95. The fourth-order valence-corrected chi connectivity index (χ4v) is 3.79. The average Bonchev–Trinajstić information content (AvgIpc) is 2.79. The smallest absolute Gasteiger partial charge is 0.409 e. The molecule has 3 amide bonds. The van der Waals surface area contributed by atoms with Gasteiger partial charge in [-0.2, -0.15) is 0 Å². The Kier molecular flexibility index (Phi) is 7.93. The Balaban J connectivity index is 1.80. The highest BCUT2D eigenvalue weighted by Gasteiger charge is 2.34. The van der Waals surface area contributed by atoms with Crippen LogP contribution in [0.5, 0.6) is 5.75 Å². The van der Waals surface area contributed by atoms with E-state index in [-0.39, 0.29) is 6.09 Å². The molecule has 2 N–H and O–H groups in total. The quantitative estimate of drug-likeness (QED) is 0.613. The monoisotopic (exact) mass is 446 g/mol. The second kappa shape index (κ2) is 10.9. The van der Waals surface area contributed by atoms with Gasteiger partial charge in [0.1, 0.15) is 5.75 Å². The van der Waals surface area contributed by atoms with Crippen LogP contribution in [0.3, 0.4) is 0 Å². The van der Waals surface area contributed by atoms with Gasteiger partial charge in [-0.1, -0.05) is 12.1 Å². The first-order valence-corrected chi connectivity index (χ1v) is 10.7. The van der Waals surface area contributed by atoms with Gasteiger partial charge in [0.2, 0.25) is 0 Å². The number of rotatable bonds is 7. The number of ether oxygens (including phenoxy) is 3. The number of amides is 3. The lowest BCUT2D eigenvalue weighted by atomic mass is 9.95. The van der Waals surface area contributed by atoms with Crippen LogP contribution in [0.4, 0.5) is 9.59 Å². The summed E-state index contributed by atoms with van der Waals surface area (Å²) < 4.78 is 15.6. The third-order valence-electron chi connectivity index (χ3n) is 5.36. The Morgan fingerprint density at radius 1 is 1.06 bits per heavy atom. The number of benzene rings is 1. The standard InChI is InChI=1S/C22H30N4O6/c1-4-31-16-8-6-15(7-9-16)19-18(20(27)30-3)17(23-21(28)24-19)14-25-10-12-26(13-11-25)22(29)32-5-2/h6-9,19H,4-5,10-14H2,1-3H3,(H2,23,24,28)/t19-/m1/s1. The molecule has 174 valence electrons. The van der Waals surface area contributed by atoms with Crippen LogP contribution in [-0.4, -0.2) is 80.9 Å². The number of urea groups is 1. The topological polar surface area (TPSA) is 109 Å². The molecule has 0 unspecified atom stereocenters. The molecule has 2 aliphatic rings. The van der Waals surface area contributed by atoms with Crippen molar-refractivity contribution < 1.29 is 28.6 Å². The summed E-state index contributed by atoms with van der Waals surface area (Å²) in [6, 6.07) is 6.20. The van der Waals surface area contributed by atoms with Gasteiger partial charge in [0, 0.05) is 38.4 Å². The maximum absolute atomic E-state index is 12.7. The SMILES string of the molecule is CCOC(=O)N1CCN(CC2=C(C(=O)OC)[C@@H](c3ccc(OCC)cc3)NC(=O)N2)CC1. The minimum Gasteiger partial charge on any atom is -0.494 e. The summed E-state index contributed by atoms with van der Waals surface area (Å²) in [4.78, 5) is 40.8. The first-order valence-electron chi connectivity index (χ1n) is 10.7. The van der Waals surface area contributed by atoms with Crippen molar-refractivity contribution in [2.45, 2.75) is 19.9 Å². The van der Waals surface area contributed by atoms with E-state index in [2.05, 4.69) is 15.5 Å². The lowest BCUT2D eigenvalue weighted by molar-refractivity contribution is -0.136. The zero-order chi connectivity index (χ0) is 23.1. The lowest BCUT2D eigenvalue weighted by Gasteiger charge is -2.36. The van der Waals surface area contributed by atoms with Crippen LogP contribution >= 0.6 is 0 Å². The van der Waals surface area contributed by atoms with Crippen molar-refractivity contribution >= 4 is 18.1 Å². The largest absolute Gasteiger partial charge is 0.494 e. The number of methoxy groups -OCH3 is 1. The van der Waals surface area contributed by atoms with Gasteiger partial charge in [0.05, 0.1) is 31.9 Å². The molecule has 0 aromatic heterocycles. The van der Waals surface area contributed by atoms with Crippen LogP contribution in [0, 0.1) is 0 Å². The van der Waals surface area contributed by atoms with Crippen molar-refractivity contribution in [3.63, 3.8) is 0 Å². The number of esters is 1. The van der Waals surface area contributed by atoms with E-state index in [1.165, 1.54) is 7.11 Å². The van der Waals surface area contributed by atoms with Gasteiger partial charge in [-0.3, -0.25) is 4.90 Å². The molecule has 10 nitrogen and oxygen atoms in total. The number of carbonyl (C=O) groups excluding carboxylic acids is 3. The molecule has 0 spiro atoms. The third-order valence-corrected chi connectivity index (χ3v) is 5.36. The van der Waals surface area contributed by atoms with Crippen LogP contribution in [0.25, 0.3) is 0 Å². The second-order valence-electron chi connectivity index (χ2n) is 7.38. The number of nitrogens with zero attached hydrogens (tertiary/aromatic N) is 2. The summed E-state index contributed by atoms with van der Waals surface area (Å²) in [5.41, 5.74) is 1.58. The molecule has 1 atom stereocenters. The Morgan fingerprint density at radius 3 is 2.34 bits per heavy atom. The molecule has 1 fully saturated rings. The van der Waals surface area contributed by atoms with Gasteiger partial charge >= 0.3 is 18.1 Å². The summed E-state index contributed by atoms with van der Waals surface area (Å²) in [5, 5.41) is 5.59. The van der Waals surface area contributed by atoms with Crippen LogP contribution in [0.15, 0.2) is 35.5 Å². The molecule has 1 aromatic carbocycles. The fraction of sp³-hybridized carbons (Fsp3) is 0.500. The van der Waals surface area contributed by atoms with E-state index in [1.54, 1.807) is 24.0 Å². The lowest BCUT2D eigenvalue weighted by Crippen LogP contribution is -2.52.